The molecule has 40 heavy (non-hydrogen) atoms. The number of nitrogens with one attached hydrogen (secondary N) is 1. The summed E-state index contributed by atoms with van der Waals surface area (Å²) in [5.41, 5.74) is 2.23. The molecular weight excluding hydrogens is 563 g/mol. The van der Waals surface area contributed by atoms with Gasteiger partial charge in [0, 0.05) is 11.1 Å². The molecule has 0 amide bonds. The molecule has 0 radical (unpaired) electrons. The van der Waals surface area contributed by atoms with E-state index in [1.807, 2.05) is 61.5 Å². The molecule has 0 unspecified atom stereocenters. The van der Waals surface area contributed by atoms with Crippen molar-refractivity contribution in [1.29, 1.82) is 0 Å². The largest absolute Gasteiger partial charge is 0.476 e. The molecule has 11 heteroatoms. The van der Waals surface area contributed by atoms with E-state index in [1.54, 1.807) is 5.38 Å². The van der Waals surface area contributed by atoms with Gasteiger partial charge in [0.15, 0.2) is 9.47 Å². The Kier molecular flexibility index (Phi) is 8.84. The Morgan fingerprint density at radius 2 is 1.52 bits per heavy atom. The first-order valence-electron chi connectivity index (χ1n) is 12.3. The molecule has 0 fully saturated rings. The smallest absolute Gasteiger partial charge is 0.360 e. The van der Waals surface area contributed by atoms with Crippen LogP contribution in [-0.4, -0.2) is 44.3 Å². The fraction of sp³-hybridized carbons (Fsp3) is 0.138. The van der Waals surface area contributed by atoms with Crippen LogP contribution in [0.4, 0.5) is 5.13 Å². The van der Waals surface area contributed by atoms with Crippen molar-refractivity contribution in [3.8, 4) is 0 Å². The third-order valence-corrected chi connectivity index (χ3v) is 8.62. The van der Waals surface area contributed by atoms with Crippen molar-refractivity contribution in [2.75, 3.05) is 17.7 Å². The fourth-order valence-corrected chi connectivity index (χ4v) is 6.64. The fourth-order valence-electron chi connectivity index (χ4n) is 4.19. The van der Waals surface area contributed by atoms with Crippen molar-refractivity contribution in [3.05, 3.63) is 124 Å². The molecule has 0 bridgehead atoms. The highest BCUT2D eigenvalue weighted by atomic mass is 32.2. The number of carbonyl (C=O) groups is 1. The minimum absolute atomic E-state index is 0.217. The van der Waals surface area contributed by atoms with E-state index in [2.05, 4.69) is 62.1 Å². The standard InChI is InChI=1S/C29H25N5O3S3/c1-20-32-33-28(40-20)38-18-17-37-34-25(26(35)36)24-19-39-27(30-24)31-29(21-11-5-2-6-12-21,22-13-7-3-8-14-22)23-15-9-4-10-16-23/h2-16,19H,17-18H2,1H3,(H,30,31)(H,35,36)/b34-25-. The molecule has 0 aliphatic heterocycles. The van der Waals surface area contributed by atoms with Crippen LogP contribution in [0, 0.1) is 6.92 Å². The Balaban J connectivity index is 1.43. The summed E-state index contributed by atoms with van der Waals surface area (Å²) in [6.45, 7) is 2.11. The lowest BCUT2D eigenvalue weighted by Gasteiger charge is -2.36. The SMILES string of the molecule is Cc1nnc(SCCO/N=C(\C(=O)O)c2csc(NC(c3ccccc3)(c3ccccc3)c3ccccc3)n2)s1. The van der Waals surface area contributed by atoms with Crippen LogP contribution in [0.25, 0.3) is 0 Å². The van der Waals surface area contributed by atoms with Crippen molar-refractivity contribution in [1.82, 2.24) is 15.2 Å². The number of oxime groups is 1. The average molecular weight is 588 g/mol. The summed E-state index contributed by atoms with van der Waals surface area (Å²) >= 11 is 4.29. The predicted octanol–water partition coefficient (Wildman–Crippen LogP) is 6.30. The van der Waals surface area contributed by atoms with Gasteiger partial charge in [0.05, 0.1) is 0 Å². The second kappa shape index (κ2) is 12.9. The van der Waals surface area contributed by atoms with Gasteiger partial charge in [-0.3, -0.25) is 0 Å². The van der Waals surface area contributed by atoms with Crippen molar-refractivity contribution in [2.45, 2.75) is 16.8 Å². The third-order valence-electron chi connectivity index (χ3n) is 5.93. The highest BCUT2D eigenvalue weighted by molar-refractivity contribution is 8.01. The normalized spacial score (nSPS) is 11.8. The number of thiazole rings is 1. The van der Waals surface area contributed by atoms with Crippen molar-refractivity contribution < 1.29 is 14.7 Å². The Morgan fingerprint density at radius 3 is 2.02 bits per heavy atom. The van der Waals surface area contributed by atoms with E-state index < -0.39 is 11.5 Å². The van der Waals surface area contributed by atoms with E-state index in [9.17, 15) is 9.90 Å². The summed E-state index contributed by atoms with van der Waals surface area (Å²) < 4.78 is 0.831. The summed E-state index contributed by atoms with van der Waals surface area (Å²) in [4.78, 5) is 22.0. The zero-order chi connectivity index (χ0) is 27.8. The van der Waals surface area contributed by atoms with Crippen LogP contribution in [0.1, 0.15) is 27.4 Å². The summed E-state index contributed by atoms with van der Waals surface area (Å²) in [5, 5.41) is 28.5. The minimum atomic E-state index is -1.22. The van der Waals surface area contributed by atoms with Gasteiger partial charge in [0.1, 0.15) is 22.8 Å². The Labute approximate surface area is 243 Å². The van der Waals surface area contributed by atoms with Crippen LogP contribution in [0.5, 0.6) is 0 Å². The zero-order valence-corrected chi connectivity index (χ0v) is 23.9. The maximum absolute atomic E-state index is 12.1. The molecule has 0 aliphatic carbocycles. The molecule has 0 saturated carbocycles. The van der Waals surface area contributed by atoms with Gasteiger partial charge in [-0.05, 0) is 23.6 Å². The molecule has 8 nitrogen and oxygen atoms in total. The number of carboxylic acid groups (broad SMARTS) is 1. The monoisotopic (exact) mass is 587 g/mol. The number of benzene rings is 3. The number of hydrogen-bond donors (Lipinski definition) is 2. The van der Waals surface area contributed by atoms with Gasteiger partial charge in [-0.15, -0.1) is 21.5 Å². The van der Waals surface area contributed by atoms with Crippen LogP contribution in [0.15, 0.2) is 106 Å². The molecule has 5 rings (SSSR count). The number of anilines is 1. The molecule has 2 N–H and O–H groups in total. The highest BCUT2D eigenvalue weighted by Crippen LogP contribution is 2.40. The predicted molar refractivity (Wildman–Crippen MR) is 160 cm³/mol. The summed E-state index contributed by atoms with van der Waals surface area (Å²) in [5.74, 6) is -0.660. The minimum Gasteiger partial charge on any atom is -0.476 e. The maximum atomic E-state index is 12.1. The molecule has 0 aliphatic rings. The van der Waals surface area contributed by atoms with E-state index in [1.165, 1.54) is 34.4 Å². The number of carboxylic acids is 1. The Bertz CT molecular complexity index is 1480. The van der Waals surface area contributed by atoms with Gasteiger partial charge in [0.25, 0.3) is 0 Å². The number of hydrogen-bond acceptors (Lipinski definition) is 10. The number of aromatic nitrogens is 3. The van der Waals surface area contributed by atoms with Gasteiger partial charge in [-0.25, -0.2) is 9.78 Å². The van der Waals surface area contributed by atoms with Gasteiger partial charge in [-0.1, -0.05) is 119 Å². The number of nitrogens with zero attached hydrogens (tertiary/aromatic N) is 4. The lowest BCUT2D eigenvalue weighted by molar-refractivity contribution is -0.129. The second-order valence-electron chi connectivity index (χ2n) is 8.52. The maximum Gasteiger partial charge on any atom is 0.360 e. The van der Waals surface area contributed by atoms with Crippen molar-refractivity contribution in [3.63, 3.8) is 0 Å². The number of aliphatic carboxylic acids is 1. The van der Waals surface area contributed by atoms with Crippen LogP contribution in [-0.2, 0) is 15.2 Å². The number of thioether (sulfide) groups is 1. The number of aryl methyl sites for hydroxylation is 1. The van der Waals surface area contributed by atoms with Crippen LogP contribution < -0.4 is 5.32 Å². The average Bonchev–Trinajstić information content (AvgIpc) is 3.63. The summed E-state index contributed by atoms with van der Waals surface area (Å²) in [6, 6.07) is 30.4. The van der Waals surface area contributed by atoms with E-state index in [0.29, 0.717) is 10.9 Å². The summed E-state index contributed by atoms with van der Waals surface area (Å²) in [7, 11) is 0. The van der Waals surface area contributed by atoms with E-state index in [4.69, 9.17) is 4.84 Å². The van der Waals surface area contributed by atoms with Gasteiger partial charge >= 0.3 is 5.97 Å². The first-order chi connectivity index (χ1) is 19.6. The number of rotatable bonds is 12. The van der Waals surface area contributed by atoms with Crippen LogP contribution in [0.2, 0.25) is 0 Å². The third kappa shape index (κ3) is 6.22. The second-order valence-corrected chi connectivity index (χ2v) is 11.9. The lowest BCUT2D eigenvalue weighted by atomic mass is 9.77. The zero-order valence-electron chi connectivity index (χ0n) is 21.4. The van der Waals surface area contributed by atoms with Gasteiger partial charge in [-0.2, -0.15) is 0 Å². The first-order valence-corrected chi connectivity index (χ1v) is 15.0. The van der Waals surface area contributed by atoms with E-state index in [0.717, 1.165) is 26.0 Å². The molecule has 5 aromatic rings. The molecule has 2 aromatic heterocycles. The van der Waals surface area contributed by atoms with Gasteiger partial charge < -0.3 is 15.3 Å². The highest BCUT2D eigenvalue weighted by Gasteiger charge is 2.37. The quantitative estimate of drug-likeness (QED) is 0.0575. The Morgan fingerprint density at radius 1 is 0.950 bits per heavy atom. The topological polar surface area (TPSA) is 110 Å². The van der Waals surface area contributed by atoms with Gasteiger partial charge in [0.2, 0.25) is 5.71 Å². The first kappa shape index (κ1) is 27.5. The molecule has 202 valence electrons. The molecular formula is C29H25N5O3S3. The molecule has 0 atom stereocenters. The van der Waals surface area contributed by atoms with Crippen molar-refractivity contribution >= 4 is 51.2 Å². The van der Waals surface area contributed by atoms with E-state index >= 15 is 0 Å². The van der Waals surface area contributed by atoms with E-state index in [-0.39, 0.29) is 18.0 Å². The summed E-state index contributed by atoms with van der Waals surface area (Å²) in [6.07, 6.45) is 0. The van der Waals surface area contributed by atoms with Crippen LogP contribution in [0.3, 0.4) is 0 Å². The molecule has 0 saturated heterocycles. The molecule has 2 heterocycles. The molecule has 3 aromatic carbocycles. The van der Waals surface area contributed by atoms with Crippen molar-refractivity contribution in [2.24, 2.45) is 5.16 Å². The molecule has 0 spiro atoms. The lowest BCUT2D eigenvalue weighted by Crippen LogP contribution is -2.38. The van der Waals surface area contributed by atoms with Crippen LogP contribution >= 0.6 is 34.4 Å². The Hall–Kier alpha value is -4.06.